The molecule has 0 saturated heterocycles. The summed E-state index contributed by atoms with van der Waals surface area (Å²) >= 11 is 4.51. The highest BCUT2D eigenvalue weighted by Crippen LogP contribution is 2.30. The number of sulfonamides is 1. The number of nitrogens with one attached hydrogen (secondary N) is 1. The smallest absolute Gasteiger partial charge is 0.250 e. The molecule has 1 aromatic rings. The molecule has 0 aromatic carbocycles. The van der Waals surface area contributed by atoms with Gasteiger partial charge < -0.3 is 5.73 Å². The summed E-state index contributed by atoms with van der Waals surface area (Å²) in [6.07, 6.45) is 0.644. The molecule has 0 spiro atoms. The molecule has 86 valence electrons. The van der Waals surface area contributed by atoms with Gasteiger partial charge in [0.15, 0.2) is 0 Å². The fourth-order valence-electron chi connectivity index (χ4n) is 0.944. The van der Waals surface area contributed by atoms with E-state index in [0.29, 0.717) is 23.7 Å². The van der Waals surface area contributed by atoms with E-state index < -0.39 is 10.0 Å². The lowest BCUT2D eigenvalue weighted by atomic mass is 10.4. The third kappa shape index (κ3) is 3.53. The van der Waals surface area contributed by atoms with Gasteiger partial charge in [0, 0.05) is 6.54 Å². The Morgan fingerprint density at radius 3 is 2.73 bits per heavy atom. The van der Waals surface area contributed by atoms with Gasteiger partial charge in [0.05, 0.1) is 3.79 Å². The molecule has 7 heteroatoms. The number of hydrogen-bond acceptors (Lipinski definition) is 4. The molecule has 0 unspecified atom stereocenters. The normalized spacial score (nSPS) is 11.9. The molecular formula is C8H13BrN2O2S2. The van der Waals surface area contributed by atoms with E-state index in [1.807, 2.05) is 6.92 Å². The summed E-state index contributed by atoms with van der Waals surface area (Å²) in [6, 6.07) is 1.65. The summed E-state index contributed by atoms with van der Waals surface area (Å²) in [5.74, 6) is 0. The topological polar surface area (TPSA) is 72.2 Å². The lowest BCUT2D eigenvalue weighted by Gasteiger charge is -2.02. The van der Waals surface area contributed by atoms with Crippen molar-refractivity contribution in [2.75, 3.05) is 13.1 Å². The predicted molar refractivity (Wildman–Crippen MR) is 65.6 cm³/mol. The second kappa shape index (κ2) is 5.40. The average Bonchev–Trinajstić information content (AvgIpc) is 2.48. The van der Waals surface area contributed by atoms with Crippen molar-refractivity contribution in [3.8, 4) is 0 Å². The summed E-state index contributed by atoms with van der Waals surface area (Å²) in [4.78, 5) is 0. The second-order valence-electron chi connectivity index (χ2n) is 3.06. The summed E-state index contributed by atoms with van der Waals surface area (Å²) in [6.45, 7) is 2.72. The lowest BCUT2D eigenvalue weighted by molar-refractivity contribution is 0.581. The molecule has 3 N–H and O–H groups in total. The first-order chi connectivity index (χ1) is 6.97. The first kappa shape index (κ1) is 13.1. The number of aryl methyl sites for hydroxylation is 1. The van der Waals surface area contributed by atoms with E-state index in [0.717, 1.165) is 9.35 Å². The molecular weight excluding hydrogens is 300 g/mol. The van der Waals surface area contributed by atoms with E-state index in [4.69, 9.17) is 5.73 Å². The SMILES string of the molecule is Cc1cc(S(=O)(=O)NCCCN)sc1Br. The standard InChI is InChI=1S/C8H13BrN2O2S2/c1-6-5-7(14-8(6)9)15(12,13)11-4-2-3-10/h5,11H,2-4,10H2,1H3. The van der Waals surface area contributed by atoms with Gasteiger partial charge in [0.25, 0.3) is 0 Å². The van der Waals surface area contributed by atoms with Gasteiger partial charge >= 0.3 is 0 Å². The maximum Gasteiger partial charge on any atom is 0.250 e. The number of nitrogens with two attached hydrogens (primary N) is 1. The van der Waals surface area contributed by atoms with Crippen molar-refractivity contribution in [2.45, 2.75) is 17.6 Å². The lowest BCUT2D eigenvalue weighted by Crippen LogP contribution is -2.25. The minimum absolute atomic E-state index is 0.337. The van der Waals surface area contributed by atoms with Crippen LogP contribution < -0.4 is 10.5 Å². The molecule has 0 fully saturated rings. The van der Waals surface area contributed by atoms with Crippen molar-refractivity contribution in [1.29, 1.82) is 0 Å². The van der Waals surface area contributed by atoms with Gasteiger partial charge in [-0.05, 0) is 47.4 Å². The molecule has 0 bridgehead atoms. The summed E-state index contributed by atoms with van der Waals surface area (Å²) < 4.78 is 27.1. The third-order valence-electron chi connectivity index (χ3n) is 1.77. The highest BCUT2D eigenvalue weighted by molar-refractivity contribution is 9.11. The van der Waals surface area contributed by atoms with Gasteiger partial charge in [-0.15, -0.1) is 11.3 Å². The van der Waals surface area contributed by atoms with Crippen LogP contribution >= 0.6 is 27.3 Å². The van der Waals surface area contributed by atoms with Crippen LogP contribution in [0.1, 0.15) is 12.0 Å². The maximum atomic E-state index is 11.7. The molecule has 0 radical (unpaired) electrons. The molecule has 1 heterocycles. The number of rotatable bonds is 5. The zero-order valence-corrected chi connectivity index (χ0v) is 11.5. The van der Waals surface area contributed by atoms with Gasteiger partial charge in [-0.3, -0.25) is 0 Å². The van der Waals surface area contributed by atoms with Crippen molar-refractivity contribution in [3.05, 3.63) is 15.4 Å². The number of halogens is 1. The van der Waals surface area contributed by atoms with E-state index in [-0.39, 0.29) is 0 Å². The van der Waals surface area contributed by atoms with Gasteiger partial charge in [0.1, 0.15) is 4.21 Å². The third-order valence-corrected chi connectivity index (χ3v) is 5.84. The Balaban J connectivity index is 2.77. The average molecular weight is 313 g/mol. The Bertz CT molecular complexity index is 408. The van der Waals surface area contributed by atoms with E-state index in [1.165, 1.54) is 11.3 Å². The van der Waals surface area contributed by atoms with Crippen molar-refractivity contribution >= 4 is 37.3 Å². The summed E-state index contributed by atoms with van der Waals surface area (Å²) in [7, 11) is -3.35. The minimum atomic E-state index is -3.35. The van der Waals surface area contributed by atoms with Crippen LogP contribution in [-0.2, 0) is 10.0 Å². The Labute approximate surface area is 102 Å². The predicted octanol–water partition coefficient (Wildman–Crippen LogP) is 1.45. The molecule has 4 nitrogen and oxygen atoms in total. The molecule has 0 aliphatic heterocycles. The van der Waals surface area contributed by atoms with Gasteiger partial charge in [0.2, 0.25) is 10.0 Å². The minimum Gasteiger partial charge on any atom is -0.330 e. The Morgan fingerprint density at radius 1 is 1.60 bits per heavy atom. The van der Waals surface area contributed by atoms with Crippen molar-refractivity contribution in [2.24, 2.45) is 5.73 Å². The fraction of sp³-hybridized carbons (Fsp3) is 0.500. The highest BCUT2D eigenvalue weighted by atomic mass is 79.9. The number of thiophene rings is 1. The van der Waals surface area contributed by atoms with E-state index >= 15 is 0 Å². The molecule has 15 heavy (non-hydrogen) atoms. The quantitative estimate of drug-likeness (QED) is 0.808. The molecule has 1 rings (SSSR count). The molecule has 0 amide bonds. The molecule has 0 saturated carbocycles. The maximum absolute atomic E-state index is 11.7. The Morgan fingerprint density at radius 2 is 2.27 bits per heavy atom. The van der Waals surface area contributed by atoms with Crippen LogP contribution in [-0.4, -0.2) is 21.5 Å². The fourth-order valence-corrected chi connectivity index (χ4v) is 4.29. The van der Waals surface area contributed by atoms with Gasteiger partial charge in [-0.2, -0.15) is 0 Å². The Hall–Kier alpha value is 0.0500. The van der Waals surface area contributed by atoms with Crippen molar-refractivity contribution in [3.63, 3.8) is 0 Å². The highest BCUT2D eigenvalue weighted by Gasteiger charge is 2.17. The summed E-state index contributed by atoms with van der Waals surface area (Å²) in [5, 5.41) is 0. The van der Waals surface area contributed by atoms with Gasteiger partial charge in [-0.1, -0.05) is 0 Å². The van der Waals surface area contributed by atoms with Crippen LogP contribution in [0.2, 0.25) is 0 Å². The zero-order valence-electron chi connectivity index (χ0n) is 8.29. The van der Waals surface area contributed by atoms with E-state index in [9.17, 15) is 8.42 Å². The van der Waals surface area contributed by atoms with Crippen LogP contribution in [0.15, 0.2) is 14.1 Å². The molecule has 0 aliphatic rings. The monoisotopic (exact) mass is 312 g/mol. The molecule has 0 atom stereocenters. The summed E-state index contributed by atoms with van der Waals surface area (Å²) in [5.41, 5.74) is 6.21. The van der Waals surface area contributed by atoms with Gasteiger partial charge in [-0.25, -0.2) is 13.1 Å². The first-order valence-corrected chi connectivity index (χ1v) is 7.52. The van der Waals surface area contributed by atoms with Crippen LogP contribution in [0.3, 0.4) is 0 Å². The second-order valence-corrected chi connectivity index (χ2v) is 7.43. The first-order valence-electron chi connectivity index (χ1n) is 4.43. The molecule has 1 aromatic heterocycles. The van der Waals surface area contributed by atoms with Crippen molar-refractivity contribution < 1.29 is 8.42 Å². The van der Waals surface area contributed by atoms with Crippen LogP contribution in [0.25, 0.3) is 0 Å². The van der Waals surface area contributed by atoms with Crippen LogP contribution in [0.4, 0.5) is 0 Å². The van der Waals surface area contributed by atoms with Crippen LogP contribution in [0, 0.1) is 6.92 Å². The zero-order chi connectivity index (χ0) is 11.5. The number of hydrogen-bond donors (Lipinski definition) is 2. The molecule has 0 aliphatic carbocycles. The van der Waals surface area contributed by atoms with E-state index in [2.05, 4.69) is 20.7 Å². The van der Waals surface area contributed by atoms with E-state index in [1.54, 1.807) is 6.07 Å². The van der Waals surface area contributed by atoms with Crippen molar-refractivity contribution in [1.82, 2.24) is 4.72 Å². The largest absolute Gasteiger partial charge is 0.330 e. The van der Waals surface area contributed by atoms with Crippen LogP contribution in [0.5, 0.6) is 0 Å². The Kier molecular flexibility index (Phi) is 4.72.